The average molecular weight is 295 g/mol. The predicted molar refractivity (Wildman–Crippen MR) is 85.0 cm³/mol. The second-order valence-corrected chi connectivity index (χ2v) is 6.28. The Morgan fingerprint density at radius 1 is 1.15 bits per heavy atom. The number of nitrogens with one attached hydrogen (secondary N) is 1. The fourth-order valence-electron chi connectivity index (χ4n) is 2.25. The second kappa shape index (κ2) is 6.72. The number of rotatable bonds is 6. The molecule has 20 heavy (non-hydrogen) atoms. The van der Waals surface area contributed by atoms with Gasteiger partial charge < -0.3 is 14.8 Å². The van der Waals surface area contributed by atoms with Gasteiger partial charge in [-0.05, 0) is 43.7 Å². The first kappa shape index (κ1) is 15.5. The Bertz CT molecular complexity index is 458. The third-order valence-corrected chi connectivity index (χ3v) is 5.03. The van der Waals surface area contributed by atoms with Gasteiger partial charge in [0.15, 0.2) is 11.5 Å². The van der Waals surface area contributed by atoms with Crippen LogP contribution in [0.4, 0.5) is 0 Å². The Kier molecular flexibility index (Phi) is 5.22. The van der Waals surface area contributed by atoms with E-state index in [1.807, 2.05) is 0 Å². The first-order valence-electron chi connectivity index (χ1n) is 7.33. The second-order valence-electron chi connectivity index (χ2n) is 5.43. The maximum Gasteiger partial charge on any atom is 0.162 e. The van der Waals surface area contributed by atoms with E-state index in [0.717, 1.165) is 30.9 Å². The zero-order valence-electron chi connectivity index (χ0n) is 12.9. The zero-order chi connectivity index (χ0) is 14.6. The topological polar surface area (TPSA) is 30.5 Å². The van der Waals surface area contributed by atoms with E-state index in [2.05, 4.69) is 44.5 Å². The van der Waals surface area contributed by atoms with Gasteiger partial charge in [0.25, 0.3) is 0 Å². The minimum atomic E-state index is 0.197. The summed E-state index contributed by atoms with van der Waals surface area (Å²) in [5.41, 5.74) is 1.48. The highest BCUT2D eigenvalue weighted by atomic mass is 32.2. The highest BCUT2D eigenvalue weighted by Crippen LogP contribution is 2.36. The van der Waals surface area contributed by atoms with Gasteiger partial charge in [-0.3, -0.25) is 0 Å². The van der Waals surface area contributed by atoms with Crippen molar-refractivity contribution in [3.05, 3.63) is 17.7 Å². The highest BCUT2D eigenvalue weighted by Gasteiger charge is 2.20. The van der Waals surface area contributed by atoms with Gasteiger partial charge in [0.2, 0.25) is 0 Å². The number of benzene rings is 1. The molecule has 1 N–H and O–H groups in total. The molecule has 112 valence electrons. The summed E-state index contributed by atoms with van der Waals surface area (Å²) in [6.07, 6.45) is 4.36. The summed E-state index contributed by atoms with van der Waals surface area (Å²) in [5.74, 6) is 1.75. The first-order valence-corrected chi connectivity index (χ1v) is 8.56. The van der Waals surface area contributed by atoms with Crippen LogP contribution in [0.1, 0.15) is 39.2 Å². The van der Waals surface area contributed by atoms with Crippen LogP contribution in [0.15, 0.2) is 17.0 Å². The molecule has 2 rings (SSSR count). The van der Waals surface area contributed by atoms with Crippen LogP contribution in [0.2, 0.25) is 0 Å². The Balaban J connectivity index is 2.18. The normalized spacial score (nSPS) is 14.4. The van der Waals surface area contributed by atoms with Crippen molar-refractivity contribution in [2.75, 3.05) is 19.5 Å². The molecular formula is C16H25NO2S. The highest BCUT2D eigenvalue weighted by molar-refractivity contribution is 7.98. The van der Waals surface area contributed by atoms with Gasteiger partial charge in [0.1, 0.15) is 13.2 Å². The summed E-state index contributed by atoms with van der Waals surface area (Å²) in [5, 5.41) is 3.68. The monoisotopic (exact) mass is 295 g/mol. The summed E-state index contributed by atoms with van der Waals surface area (Å²) in [4.78, 5) is 1.26. The Morgan fingerprint density at radius 3 is 2.30 bits per heavy atom. The number of hydrogen-bond donors (Lipinski definition) is 1. The SMILES string of the molecule is CCC(C)(CC)NCc1cc2c(cc1SC)OCCO2. The molecule has 0 aliphatic carbocycles. The quantitative estimate of drug-likeness (QED) is 0.808. The lowest BCUT2D eigenvalue weighted by Crippen LogP contribution is -2.40. The van der Waals surface area contributed by atoms with Gasteiger partial charge in [0, 0.05) is 17.0 Å². The third kappa shape index (κ3) is 3.41. The predicted octanol–water partition coefficient (Wildman–Crippen LogP) is 3.85. The van der Waals surface area contributed by atoms with Crippen molar-refractivity contribution < 1.29 is 9.47 Å². The fourth-order valence-corrected chi connectivity index (χ4v) is 2.87. The summed E-state index contributed by atoms with van der Waals surface area (Å²) < 4.78 is 11.3. The minimum Gasteiger partial charge on any atom is -0.486 e. The van der Waals surface area contributed by atoms with Gasteiger partial charge in [0.05, 0.1) is 0 Å². The van der Waals surface area contributed by atoms with Crippen molar-refractivity contribution in [3.8, 4) is 11.5 Å². The Morgan fingerprint density at radius 2 is 1.75 bits per heavy atom. The van der Waals surface area contributed by atoms with E-state index >= 15 is 0 Å². The molecule has 0 saturated carbocycles. The molecule has 0 bridgehead atoms. The molecular weight excluding hydrogens is 270 g/mol. The van der Waals surface area contributed by atoms with Crippen molar-refractivity contribution in [1.29, 1.82) is 0 Å². The van der Waals surface area contributed by atoms with E-state index < -0.39 is 0 Å². The van der Waals surface area contributed by atoms with Crippen LogP contribution in [-0.4, -0.2) is 25.0 Å². The van der Waals surface area contributed by atoms with Crippen LogP contribution >= 0.6 is 11.8 Å². The number of ether oxygens (including phenoxy) is 2. The summed E-state index contributed by atoms with van der Waals surface area (Å²) in [7, 11) is 0. The third-order valence-electron chi connectivity index (χ3n) is 4.21. The smallest absolute Gasteiger partial charge is 0.162 e. The van der Waals surface area contributed by atoms with Crippen LogP contribution in [0.3, 0.4) is 0 Å². The molecule has 1 aliphatic rings. The fraction of sp³-hybridized carbons (Fsp3) is 0.625. The van der Waals surface area contributed by atoms with Crippen LogP contribution in [0, 0.1) is 0 Å². The van der Waals surface area contributed by atoms with E-state index in [1.54, 1.807) is 11.8 Å². The molecule has 0 radical (unpaired) electrons. The molecule has 1 aromatic rings. The van der Waals surface area contributed by atoms with E-state index in [1.165, 1.54) is 10.5 Å². The number of hydrogen-bond acceptors (Lipinski definition) is 4. The largest absolute Gasteiger partial charge is 0.486 e. The van der Waals surface area contributed by atoms with Gasteiger partial charge in [-0.1, -0.05) is 13.8 Å². The van der Waals surface area contributed by atoms with E-state index in [4.69, 9.17) is 9.47 Å². The maximum absolute atomic E-state index is 5.69. The van der Waals surface area contributed by atoms with Gasteiger partial charge in [-0.2, -0.15) is 0 Å². The van der Waals surface area contributed by atoms with Gasteiger partial charge in [-0.15, -0.1) is 11.8 Å². The lowest BCUT2D eigenvalue weighted by molar-refractivity contribution is 0.170. The Labute approximate surface area is 126 Å². The standard InChI is InChI=1S/C16H25NO2S/c1-5-16(3,6-2)17-11-12-9-13-14(10-15(12)20-4)19-8-7-18-13/h9-10,17H,5-8,11H2,1-4H3. The van der Waals surface area contributed by atoms with Crippen LogP contribution in [0.25, 0.3) is 0 Å². The van der Waals surface area contributed by atoms with E-state index in [0.29, 0.717) is 13.2 Å². The van der Waals surface area contributed by atoms with Crippen molar-refractivity contribution in [2.24, 2.45) is 0 Å². The lowest BCUT2D eigenvalue weighted by atomic mass is 9.95. The number of thioether (sulfide) groups is 1. The Hall–Kier alpha value is -0.870. The molecule has 0 amide bonds. The molecule has 0 saturated heterocycles. The molecule has 1 aromatic carbocycles. The summed E-state index contributed by atoms with van der Waals surface area (Å²) in [6.45, 7) is 8.89. The molecule has 0 fully saturated rings. The van der Waals surface area contributed by atoms with Crippen LogP contribution < -0.4 is 14.8 Å². The molecule has 0 atom stereocenters. The summed E-state index contributed by atoms with van der Waals surface area (Å²) in [6, 6.07) is 4.23. The number of fused-ring (bicyclic) bond motifs is 1. The molecule has 0 unspecified atom stereocenters. The molecule has 4 heteroatoms. The molecule has 1 aliphatic heterocycles. The van der Waals surface area contributed by atoms with Crippen molar-refractivity contribution in [3.63, 3.8) is 0 Å². The lowest BCUT2D eigenvalue weighted by Gasteiger charge is -2.29. The van der Waals surface area contributed by atoms with Crippen molar-refractivity contribution in [2.45, 2.75) is 50.6 Å². The molecule has 3 nitrogen and oxygen atoms in total. The van der Waals surface area contributed by atoms with Crippen molar-refractivity contribution >= 4 is 11.8 Å². The van der Waals surface area contributed by atoms with Crippen molar-refractivity contribution in [1.82, 2.24) is 5.32 Å². The average Bonchev–Trinajstić information content (AvgIpc) is 2.51. The molecule has 0 spiro atoms. The van der Waals surface area contributed by atoms with E-state index in [9.17, 15) is 0 Å². The first-order chi connectivity index (χ1) is 9.61. The molecule has 0 aromatic heterocycles. The van der Waals surface area contributed by atoms with Gasteiger partial charge in [-0.25, -0.2) is 0 Å². The zero-order valence-corrected chi connectivity index (χ0v) is 13.7. The minimum absolute atomic E-state index is 0.197. The van der Waals surface area contributed by atoms with Gasteiger partial charge >= 0.3 is 0 Å². The maximum atomic E-state index is 5.69. The van der Waals surface area contributed by atoms with Crippen LogP contribution in [0.5, 0.6) is 11.5 Å². The van der Waals surface area contributed by atoms with E-state index in [-0.39, 0.29) is 5.54 Å². The van der Waals surface area contributed by atoms with Crippen LogP contribution in [-0.2, 0) is 6.54 Å². The molecule has 1 heterocycles. The summed E-state index contributed by atoms with van der Waals surface area (Å²) >= 11 is 1.76.